The molecule has 0 spiro atoms. The van der Waals surface area contributed by atoms with Gasteiger partial charge in [0.15, 0.2) is 0 Å². The van der Waals surface area contributed by atoms with Crippen molar-refractivity contribution in [2.24, 2.45) is 0 Å². The van der Waals surface area contributed by atoms with Crippen molar-refractivity contribution in [3.05, 3.63) is 0 Å². The summed E-state index contributed by atoms with van der Waals surface area (Å²) in [7, 11) is 1.84. The van der Waals surface area contributed by atoms with E-state index in [0.717, 1.165) is 13.0 Å². The summed E-state index contributed by atoms with van der Waals surface area (Å²) < 4.78 is 0. The number of nitrogens with one attached hydrogen (secondary N) is 2. The molecular weight excluding hydrogens is 172 g/mol. The van der Waals surface area contributed by atoms with Crippen molar-refractivity contribution in [3.8, 4) is 0 Å². The van der Waals surface area contributed by atoms with Crippen LogP contribution in [0.2, 0.25) is 0 Å². The molecule has 0 aromatic rings. The van der Waals surface area contributed by atoms with Crippen LogP contribution in [0.25, 0.3) is 0 Å². The van der Waals surface area contributed by atoms with Crippen molar-refractivity contribution in [1.82, 2.24) is 10.6 Å². The molecule has 0 saturated heterocycles. The number of carbonyl (C=O) groups is 2. The molecule has 1 amide bonds. The lowest BCUT2D eigenvalue weighted by Crippen LogP contribution is -2.26. The van der Waals surface area contributed by atoms with Crippen LogP contribution in [0.1, 0.15) is 19.3 Å². The van der Waals surface area contributed by atoms with Crippen LogP contribution < -0.4 is 10.6 Å². The SMILES string of the molecule is CNCCCNC(=O)CCC(=O)O. The minimum atomic E-state index is -0.939. The molecule has 0 atom stereocenters. The number of amides is 1. The van der Waals surface area contributed by atoms with Crippen molar-refractivity contribution < 1.29 is 14.7 Å². The van der Waals surface area contributed by atoms with E-state index in [1.807, 2.05) is 7.05 Å². The maximum Gasteiger partial charge on any atom is 0.303 e. The highest BCUT2D eigenvalue weighted by Gasteiger charge is 2.03. The number of hydrogen-bond donors (Lipinski definition) is 3. The zero-order valence-electron chi connectivity index (χ0n) is 7.80. The van der Waals surface area contributed by atoms with Gasteiger partial charge < -0.3 is 15.7 Å². The van der Waals surface area contributed by atoms with Gasteiger partial charge in [0.25, 0.3) is 0 Å². The first-order chi connectivity index (χ1) is 6.16. The number of carboxylic acids is 1. The van der Waals surface area contributed by atoms with Gasteiger partial charge >= 0.3 is 5.97 Å². The molecule has 0 unspecified atom stereocenters. The van der Waals surface area contributed by atoms with E-state index in [-0.39, 0.29) is 18.7 Å². The summed E-state index contributed by atoms with van der Waals surface area (Å²) >= 11 is 0. The third-order valence-corrected chi connectivity index (χ3v) is 1.49. The number of hydrogen-bond acceptors (Lipinski definition) is 3. The van der Waals surface area contributed by atoms with Gasteiger partial charge in [0, 0.05) is 13.0 Å². The molecule has 0 aliphatic carbocycles. The van der Waals surface area contributed by atoms with E-state index in [2.05, 4.69) is 10.6 Å². The predicted molar refractivity (Wildman–Crippen MR) is 48.4 cm³/mol. The Balaban J connectivity index is 3.25. The minimum Gasteiger partial charge on any atom is -0.481 e. The molecular formula is C8H16N2O3. The second kappa shape index (κ2) is 7.54. The van der Waals surface area contributed by atoms with Crippen LogP contribution in [0, 0.1) is 0 Å². The summed E-state index contributed by atoms with van der Waals surface area (Å²) in [5.74, 6) is -1.14. The molecule has 0 saturated carbocycles. The van der Waals surface area contributed by atoms with Gasteiger partial charge in [0.2, 0.25) is 5.91 Å². The zero-order valence-corrected chi connectivity index (χ0v) is 7.80. The van der Waals surface area contributed by atoms with Crippen molar-refractivity contribution >= 4 is 11.9 Å². The second-order valence-corrected chi connectivity index (χ2v) is 2.70. The minimum absolute atomic E-state index is 0.0644. The van der Waals surface area contributed by atoms with Crippen molar-refractivity contribution in [2.45, 2.75) is 19.3 Å². The molecule has 13 heavy (non-hydrogen) atoms. The van der Waals surface area contributed by atoms with Gasteiger partial charge in [-0.05, 0) is 20.0 Å². The van der Waals surface area contributed by atoms with Crippen LogP contribution in [-0.2, 0) is 9.59 Å². The van der Waals surface area contributed by atoms with Crippen LogP contribution in [0.3, 0.4) is 0 Å². The summed E-state index contributed by atoms with van der Waals surface area (Å²) in [4.78, 5) is 21.0. The van der Waals surface area contributed by atoms with Crippen LogP contribution >= 0.6 is 0 Å². The molecule has 5 heteroatoms. The van der Waals surface area contributed by atoms with Gasteiger partial charge in [0.1, 0.15) is 0 Å². The van der Waals surface area contributed by atoms with Gasteiger partial charge in [0.05, 0.1) is 6.42 Å². The van der Waals surface area contributed by atoms with Crippen LogP contribution in [0.15, 0.2) is 0 Å². The Morgan fingerprint density at radius 3 is 2.46 bits per heavy atom. The molecule has 3 N–H and O–H groups in total. The van der Waals surface area contributed by atoms with Gasteiger partial charge in [-0.1, -0.05) is 0 Å². The second-order valence-electron chi connectivity index (χ2n) is 2.70. The zero-order chi connectivity index (χ0) is 10.1. The van der Waals surface area contributed by atoms with E-state index in [4.69, 9.17) is 5.11 Å². The highest BCUT2D eigenvalue weighted by Crippen LogP contribution is 1.88. The summed E-state index contributed by atoms with van der Waals surface area (Å²) in [6.07, 6.45) is 0.821. The lowest BCUT2D eigenvalue weighted by Gasteiger charge is -2.02. The Hall–Kier alpha value is -1.10. The van der Waals surface area contributed by atoms with E-state index in [1.54, 1.807) is 0 Å². The Morgan fingerprint density at radius 1 is 1.23 bits per heavy atom. The highest BCUT2D eigenvalue weighted by molar-refractivity contribution is 5.80. The average molecular weight is 188 g/mol. The maximum atomic E-state index is 10.9. The molecule has 0 aliphatic heterocycles. The topological polar surface area (TPSA) is 78.4 Å². The third-order valence-electron chi connectivity index (χ3n) is 1.49. The van der Waals surface area contributed by atoms with Crippen LogP contribution in [0.5, 0.6) is 0 Å². The first kappa shape index (κ1) is 11.9. The molecule has 0 rings (SSSR count). The lowest BCUT2D eigenvalue weighted by atomic mass is 10.3. The van der Waals surface area contributed by atoms with Crippen molar-refractivity contribution in [2.75, 3.05) is 20.1 Å². The third kappa shape index (κ3) is 8.81. The highest BCUT2D eigenvalue weighted by atomic mass is 16.4. The summed E-state index contributed by atoms with van der Waals surface area (Å²) in [6, 6.07) is 0. The fraction of sp³-hybridized carbons (Fsp3) is 0.750. The van der Waals surface area contributed by atoms with Gasteiger partial charge in [-0.15, -0.1) is 0 Å². The molecule has 0 aromatic carbocycles. The molecule has 0 bridgehead atoms. The Kier molecular flexibility index (Phi) is 6.91. The largest absolute Gasteiger partial charge is 0.481 e. The van der Waals surface area contributed by atoms with E-state index >= 15 is 0 Å². The van der Waals surface area contributed by atoms with E-state index in [0.29, 0.717) is 6.54 Å². The quantitative estimate of drug-likeness (QED) is 0.474. The number of rotatable bonds is 7. The molecule has 0 fully saturated rings. The number of aliphatic carboxylic acids is 1. The number of carboxylic acid groups (broad SMARTS) is 1. The standard InChI is InChI=1S/C8H16N2O3/c1-9-5-2-6-10-7(11)3-4-8(12)13/h9H,2-6H2,1H3,(H,10,11)(H,12,13). The first-order valence-electron chi connectivity index (χ1n) is 4.30. The van der Waals surface area contributed by atoms with Crippen LogP contribution in [-0.4, -0.2) is 37.1 Å². The molecule has 0 radical (unpaired) electrons. The molecule has 0 aliphatic rings. The Morgan fingerprint density at radius 2 is 1.92 bits per heavy atom. The normalized spacial score (nSPS) is 9.62. The van der Waals surface area contributed by atoms with E-state index in [9.17, 15) is 9.59 Å². The molecule has 0 aromatic heterocycles. The summed E-state index contributed by atoms with van der Waals surface area (Å²) in [6.45, 7) is 1.44. The Bertz CT molecular complexity index is 171. The molecule has 0 heterocycles. The summed E-state index contributed by atoms with van der Waals surface area (Å²) in [5.41, 5.74) is 0. The number of carbonyl (C=O) groups excluding carboxylic acids is 1. The Labute approximate surface area is 77.5 Å². The molecule has 76 valence electrons. The monoisotopic (exact) mass is 188 g/mol. The van der Waals surface area contributed by atoms with Crippen LogP contribution in [0.4, 0.5) is 0 Å². The van der Waals surface area contributed by atoms with Crippen molar-refractivity contribution in [1.29, 1.82) is 0 Å². The smallest absolute Gasteiger partial charge is 0.303 e. The fourth-order valence-corrected chi connectivity index (χ4v) is 0.802. The predicted octanol–water partition coefficient (Wildman–Crippen LogP) is -0.423. The molecule has 5 nitrogen and oxygen atoms in total. The van der Waals surface area contributed by atoms with Gasteiger partial charge in [-0.2, -0.15) is 0 Å². The maximum absolute atomic E-state index is 10.9. The fourth-order valence-electron chi connectivity index (χ4n) is 0.802. The van der Waals surface area contributed by atoms with Crippen molar-refractivity contribution in [3.63, 3.8) is 0 Å². The average Bonchev–Trinajstić information content (AvgIpc) is 2.09. The first-order valence-corrected chi connectivity index (χ1v) is 4.30. The summed E-state index contributed by atoms with van der Waals surface area (Å²) in [5, 5.41) is 13.9. The lowest BCUT2D eigenvalue weighted by molar-refractivity contribution is -0.138. The van der Waals surface area contributed by atoms with E-state index < -0.39 is 5.97 Å². The van der Waals surface area contributed by atoms with E-state index in [1.165, 1.54) is 0 Å². The van der Waals surface area contributed by atoms with Gasteiger partial charge in [-0.3, -0.25) is 9.59 Å². The van der Waals surface area contributed by atoms with Gasteiger partial charge in [-0.25, -0.2) is 0 Å².